The average Bonchev–Trinajstić information content (AvgIpc) is 2.27. The number of allylic oxidation sites excluding steroid dienone is 2. The third kappa shape index (κ3) is 3.66. The zero-order chi connectivity index (χ0) is 11.3. The maximum atomic E-state index is 2.45. The fraction of sp³-hybridized carbons (Fsp3) is 0.867. The van der Waals surface area contributed by atoms with Gasteiger partial charge in [-0.3, -0.25) is 0 Å². The van der Waals surface area contributed by atoms with Gasteiger partial charge in [0.05, 0.1) is 0 Å². The minimum absolute atomic E-state index is 0.575. The SMILES string of the molecule is CC=CCC1CCC(C(C)(C)CC)CC1. The molecule has 0 N–H and O–H groups in total. The molecule has 0 heteroatoms. The lowest BCUT2D eigenvalue weighted by Gasteiger charge is -2.38. The molecule has 1 fully saturated rings. The van der Waals surface area contributed by atoms with E-state index >= 15 is 0 Å². The lowest BCUT2D eigenvalue weighted by atomic mass is 9.67. The van der Waals surface area contributed by atoms with E-state index in [1.165, 1.54) is 38.5 Å². The summed E-state index contributed by atoms with van der Waals surface area (Å²) < 4.78 is 0. The number of hydrogen-bond acceptors (Lipinski definition) is 0. The highest BCUT2D eigenvalue weighted by molar-refractivity contribution is 4.86. The second kappa shape index (κ2) is 5.72. The average molecular weight is 208 g/mol. The second-order valence-corrected chi connectivity index (χ2v) is 5.86. The fourth-order valence-corrected chi connectivity index (χ4v) is 2.80. The Bertz CT molecular complexity index is 192. The van der Waals surface area contributed by atoms with Crippen LogP contribution in [0.1, 0.15) is 66.2 Å². The third-order valence-corrected chi connectivity index (χ3v) is 4.57. The fourth-order valence-electron chi connectivity index (χ4n) is 2.80. The van der Waals surface area contributed by atoms with E-state index < -0.39 is 0 Å². The van der Waals surface area contributed by atoms with E-state index in [0.717, 1.165) is 11.8 Å². The van der Waals surface area contributed by atoms with Crippen LogP contribution in [0.5, 0.6) is 0 Å². The van der Waals surface area contributed by atoms with Gasteiger partial charge in [0.1, 0.15) is 0 Å². The summed E-state index contributed by atoms with van der Waals surface area (Å²) >= 11 is 0. The van der Waals surface area contributed by atoms with Crippen LogP contribution < -0.4 is 0 Å². The molecular formula is C15H28. The van der Waals surface area contributed by atoms with Crippen LogP contribution in [0.3, 0.4) is 0 Å². The van der Waals surface area contributed by atoms with Gasteiger partial charge in [-0.25, -0.2) is 0 Å². The molecule has 15 heavy (non-hydrogen) atoms. The molecular weight excluding hydrogens is 180 g/mol. The lowest BCUT2D eigenvalue weighted by molar-refractivity contribution is 0.129. The maximum Gasteiger partial charge on any atom is -0.0322 e. The Kier molecular flexibility index (Phi) is 4.89. The van der Waals surface area contributed by atoms with Crippen molar-refractivity contribution in [3.8, 4) is 0 Å². The molecule has 0 amide bonds. The van der Waals surface area contributed by atoms with Crippen LogP contribution in [0.25, 0.3) is 0 Å². The molecule has 0 aromatic heterocycles. The number of hydrogen-bond donors (Lipinski definition) is 0. The molecule has 0 aromatic carbocycles. The Balaban J connectivity index is 2.35. The van der Waals surface area contributed by atoms with Crippen molar-refractivity contribution >= 4 is 0 Å². The van der Waals surface area contributed by atoms with Crippen LogP contribution in [0.2, 0.25) is 0 Å². The van der Waals surface area contributed by atoms with Crippen molar-refractivity contribution in [2.45, 2.75) is 66.2 Å². The molecule has 1 rings (SSSR count). The van der Waals surface area contributed by atoms with Gasteiger partial charge >= 0.3 is 0 Å². The van der Waals surface area contributed by atoms with Crippen LogP contribution in [0.15, 0.2) is 12.2 Å². The van der Waals surface area contributed by atoms with E-state index in [0.29, 0.717) is 5.41 Å². The van der Waals surface area contributed by atoms with E-state index in [-0.39, 0.29) is 0 Å². The summed E-state index contributed by atoms with van der Waals surface area (Å²) in [7, 11) is 0. The smallest absolute Gasteiger partial charge is 0.0322 e. The Morgan fingerprint density at radius 1 is 1.13 bits per heavy atom. The van der Waals surface area contributed by atoms with E-state index in [2.05, 4.69) is 39.8 Å². The van der Waals surface area contributed by atoms with E-state index in [9.17, 15) is 0 Å². The van der Waals surface area contributed by atoms with Crippen molar-refractivity contribution in [3.63, 3.8) is 0 Å². The van der Waals surface area contributed by atoms with E-state index in [1.54, 1.807) is 0 Å². The molecule has 0 aromatic rings. The molecule has 1 aliphatic rings. The van der Waals surface area contributed by atoms with Crippen molar-refractivity contribution in [2.24, 2.45) is 17.3 Å². The van der Waals surface area contributed by atoms with Crippen LogP contribution >= 0.6 is 0 Å². The first-order chi connectivity index (χ1) is 7.10. The molecule has 0 spiro atoms. The molecule has 0 radical (unpaired) electrons. The van der Waals surface area contributed by atoms with Gasteiger partial charge in [-0.05, 0) is 56.3 Å². The summed E-state index contributed by atoms with van der Waals surface area (Å²) in [4.78, 5) is 0. The highest BCUT2D eigenvalue weighted by Crippen LogP contribution is 2.42. The summed E-state index contributed by atoms with van der Waals surface area (Å²) in [5.41, 5.74) is 0.575. The first-order valence-electron chi connectivity index (χ1n) is 6.71. The van der Waals surface area contributed by atoms with Crippen LogP contribution in [0, 0.1) is 17.3 Å². The third-order valence-electron chi connectivity index (χ3n) is 4.57. The minimum Gasteiger partial charge on any atom is -0.0917 e. The summed E-state index contributed by atoms with van der Waals surface area (Å²) in [5, 5.41) is 0. The van der Waals surface area contributed by atoms with Gasteiger partial charge in [0, 0.05) is 0 Å². The van der Waals surface area contributed by atoms with E-state index in [4.69, 9.17) is 0 Å². The Labute approximate surface area is 96.2 Å². The summed E-state index contributed by atoms with van der Waals surface area (Å²) in [6, 6.07) is 0. The van der Waals surface area contributed by atoms with Gasteiger partial charge < -0.3 is 0 Å². The van der Waals surface area contributed by atoms with E-state index in [1.807, 2.05) is 0 Å². The predicted octanol–water partition coefficient (Wildman–Crippen LogP) is 5.20. The molecule has 1 aliphatic carbocycles. The first-order valence-corrected chi connectivity index (χ1v) is 6.71. The van der Waals surface area contributed by atoms with Crippen molar-refractivity contribution in [2.75, 3.05) is 0 Å². The van der Waals surface area contributed by atoms with Gasteiger partial charge in [-0.2, -0.15) is 0 Å². The van der Waals surface area contributed by atoms with Crippen molar-refractivity contribution in [1.29, 1.82) is 0 Å². The molecule has 0 nitrogen and oxygen atoms in total. The predicted molar refractivity (Wildman–Crippen MR) is 69.0 cm³/mol. The quantitative estimate of drug-likeness (QED) is 0.557. The topological polar surface area (TPSA) is 0 Å². The van der Waals surface area contributed by atoms with Gasteiger partial charge in [-0.1, -0.05) is 39.3 Å². The monoisotopic (exact) mass is 208 g/mol. The lowest BCUT2D eigenvalue weighted by Crippen LogP contribution is -2.27. The first kappa shape index (κ1) is 12.8. The zero-order valence-corrected chi connectivity index (χ0v) is 11.1. The summed E-state index contributed by atoms with van der Waals surface area (Å²) in [6.45, 7) is 9.37. The largest absolute Gasteiger partial charge is 0.0917 e. The molecule has 0 aliphatic heterocycles. The van der Waals surface area contributed by atoms with Crippen molar-refractivity contribution < 1.29 is 0 Å². The van der Waals surface area contributed by atoms with Crippen molar-refractivity contribution in [3.05, 3.63) is 12.2 Å². The standard InChI is InChI=1S/C15H28/c1-5-7-8-13-9-11-14(12-10-13)15(3,4)6-2/h5,7,13-14H,6,8-12H2,1-4H3. The number of rotatable bonds is 4. The highest BCUT2D eigenvalue weighted by Gasteiger charge is 2.31. The van der Waals surface area contributed by atoms with Crippen molar-refractivity contribution in [1.82, 2.24) is 0 Å². The Morgan fingerprint density at radius 2 is 1.73 bits per heavy atom. The zero-order valence-electron chi connectivity index (χ0n) is 11.1. The normalized spacial score (nSPS) is 28.5. The molecule has 0 saturated heterocycles. The molecule has 0 heterocycles. The highest BCUT2D eigenvalue weighted by atomic mass is 14.4. The second-order valence-electron chi connectivity index (χ2n) is 5.86. The molecule has 1 saturated carbocycles. The van der Waals surface area contributed by atoms with Gasteiger partial charge in [0.15, 0.2) is 0 Å². The molecule has 0 unspecified atom stereocenters. The molecule has 0 bridgehead atoms. The minimum atomic E-state index is 0.575. The van der Waals surface area contributed by atoms with Crippen LogP contribution in [-0.4, -0.2) is 0 Å². The van der Waals surface area contributed by atoms with Crippen LogP contribution in [0.4, 0.5) is 0 Å². The summed E-state index contributed by atoms with van der Waals surface area (Å²) in [5.74, 6) is 1.95. The maximum absolute atomic E-state index is 2.45. The van der Waals surface area contributed by atoms with Gasteiger partial charge in [0.25, 0.3) is 0 Å². The molecule has 88 valence electrons. The molecule has 0 atom stereocenters. The summed E-state index contributed by atoms with van der Waals surface area (Å²) in [6.07, 6.45) is 13.0. The Hall–Kier alpha value is -0.260. The Morgan fingerprint density at radius 3 is 2.20 bits per heavy atom. The van der Waals surface area contributed by atoms with Crippen LogP contribution in [-0.2, 0) is 0 Å². The van der Waals surface area contributed by atoms with Gasteiger partial charge in [0.2, 0.25) is 0 Å². The van der Waals surface area contributed by atoms with Gasteiger partial charge in [-0.15, -0.1) is 0 Å².